The van der Waals surface area contributed by atoms with Crippen LogP contribution in [0.4, 0.5) is 11.6 Å². The van der Waals surface area contributed by atoms with E-state index in [0.717, 1.165) is 39.0 Å². The zero-order valence-corrected chi connectivity index (χ0v) is 17.3. The van der Waals surface area contributed by atoms with Gasteiger partial charge in [-0.15, -0.1) is 0 Å². The van der Waals surface area contributed by atoms with Gasteiger partial charge in [0.2, 0.25) is 5.95 Å². The lowest BCUT2D eigenvalue weighted by Gasteiger charge is -2.36. The Morgan fingerprint density at radius 3 is 2.25 bits per heavy atom. The lowest BCUT2D eigenvalue weighted by atomic mass is 10.2. The monoisotopic (exact) mass is 381 g/mol. The smallest absolute Gasteiger partial charge is 0.257 e. The summed E-state index contributed by atoms with van der Waals surface area (Å²) in [6, 6.07) is 8.52. The maximum Gasteiger partial charge on any atom is 0.257 e. The van der Waals surface area contributed by atoms with E-state index in [1.54, 1.807) is 12.4 Å². The minimum absolute atomic E-state index is 0.0213. The van der Waals surface area contributed by atoms with Gasteiger partial charge in [-0.2, -0.15) is 0 Å². The number of aromatic nitrogens is 2. The molecule has 6 heteroatoms. The van der Waals surface area contributed by atoms with Gasteiger partial charge < -0.3 is 14.7 Å². The van der Waals surface area contributed by atoms with Crippen LogP contribution >= 0.6 is 0 Å². The van der Waals surface area contributed by atoms with Crippen LogP contribution in [0.3, 0.4) is 0 Å². The van der Waals surface area contributed by atoms with Crippen molar-refractivity contribution in [2.45, 2.75) is 33.6 Å². The molecule has 0 unspecified atom stereocenters. The molecular weight excluding hydrogens is 350 g/mol. The molecule has 1 saturated heterocycles. The fraction of sp³-hybridized carbons (Fsp3) is 0.500. The van der Waals surface area contributed by atoms with E-state index >= 15 is 0 Å². The molecule has 0 aliphatic carbocycles. The Bertz CT molecular complexity index is 763. The summed E-state index contributed by atoms with van der Waals surface area (Å²) in [5.74, 6) is 0.734. The first-order chi connectivity index (χ1) is 13.6. The van der Waals surface area contributed by atoms with E-state index in [2.05, 4.69) is 64.8 Å². The van der Waals surface area contributed by atoms with E-state index in [4.69, 9.17) is 0 Å². The fourth-order valence-corrected chi connectivity index (χ4v) is 3.62. The normalized spacial score (nSPS) is 14.2. The second-order valence-electron chi connectivity index (χ2n) is 7.38. The van der Waals surface area contributed by atoms with Gasteiger partial charge in [-0.1, -0.05) is 26.0 Å². The zero-order valence-electron chi connectivity index (χ0n) is 17.3. The molecule has 0 spiro atoms. The predicted molar refractivity (Wildman–Crippen MR) is 114 cm³/mol. The average Bonchev–Trinajstić information content (AvgIpc) is 2.73. The first-order valence-corrected chi connectivity index (χ1v) is 10.3. The van der Waals surface area contributed by atoms with Gasteiger partial charge >= 0.3 is 0 Å². The standard InChI is InChI=1S/C22H31N5O/c1-4-9-27(10-5-2)22-23-16-19(17-24-22)21(28)26-13-11-25(12-14-26)20-8-6-7-18(3)15-20/h6-8,15-17H,4-5,9-14H2,1-3H3. The summed E-state index contributed by atoms with van der Waals surface area (Å²) in [7, 11) is 0. The molecule has 1 aromatic heterocycles. The Morgan fingerprint density at radius 1 is 1.04 bits per heavy atom. The van der Waals surface area contributed by atoms with E-state index in [1.165, 1.54) is 11.3 Å². The minimum atomic E-state index is 0.0213. The van der Waals surface area contributed by atoms with Crippen LogP contribution in [0.15, 0.2) is 36.7 Å². The van der Waals surface area contributed by atoms with Crippen LogP contribution in [0, 0.1) is 6.92 Å². The molecule has 1 amide bonds. The highest BCUT2D eigenvalue weighted by atomic mass is 16.2. The molecule has 0 bridgehead atoms. The summed E-state index contributed by atoms with van der Waals surface area (Å²) in [4.78, 5) is 28.2. The average molecular weight is 382 g/mol. The van der Waals surface area contributed by atoms with Crippen molar-refractivity contribution in [2.24, 2.45) is 0 Å². The van der Waals surface area contributed by atoms with Crippen LogP contribution in [-0.2, 0) is 0 Å². The number of piperazine rings is 1. The van der Waals surface area contributed by atoms with Gasteiger partial charge in [-0.3, -0.25) is 4.79 Å². The molecule has 3 rings (SSSR count). The summed E-state index contributed by atoms with van der Waals surface area (Å²) >= 11 is 0. The number of carbonyl (C=O) groups excluding carboxylic acids is 1. The van der Waals surface area contributed by atoms with Crippen molar-refractivity contribution in [3.05, 3.63) is 47.8 Å². The van der Waals surface area contributed by atoms with Gasteiger partial charge in [0.1, 0.15) is 0 Å². The summed E-state index contributed by atoms with van der Waals surface area (Å²) in [6.07, 6.45) is 5.45. The fourth-order valence-electron chi connectivity index (χ4n) is 3.62. The van der Waals surface area contributed by atoms with Crippen molar-refractivity contribution in [1.82, 2.24) is 14.9 Å². The quantitative estimate of drug-likeness (QED) is 0.736. The second kappa shape index (κ2) is 9.53. The molecule has 1 aromatic carbocycles. The Hall–Kier alpha value is -2.63. The third kappa shape index (κ3) is 4.80. The molecule has 28 heavy (non-hydrogen) atoms. The number of nitrogens with zero attached hydrogens (tertiary/aromatic N) is 5. The lowest BCUT2D eigenvalue weighted by molar-refractivity contribution is 0.0746. The second-order valence-corrected chi connectivity index (χ2v) is 7.38. The zero-order chi connectivity index (χ0) is 19.9. The number of hydrogen-bond donors (Lipinski definition) is 0. The Labute approximate surface area is 168 Å². The SMILES string of the molecule is CCCN(CCC)c1ncc(C(=O)N2CCN(c3cccc(C)c3)CC2)cn1. The molecule has 0 radical (unpaired) electrons. The Morgan fingerprint density at radius 2 is 1.68 bits per heavy atom. The van der Waals surface area contributed by atoms with E-state index in [1.807, 2.05) is 4.90 Å². The first kappa shape index (κ1) is 20.1. The molecule has 0 atom stereocenters. The number of aryl methyl sites for hydroxylation is 1. The number of anilines is 2. The van der Waals surface area contributed by atoms with E-state index < -0.39 is 0 Å². The molecule has 1 aliphatic heterocycles. The molecular formula is C22H31N5O. The van der Waals surface area contributed by atoms with E-state index in [-0.39, 0.29) is 5.91 Å². The number of amides is 1. The van der Waals surface area contributed by atoms with E-state index in [9.17, 15) is 4.79 Å². The Balaban J connectivity index is 1.60. The summed E-state index contributed by atoms with van der Waals surface area (Å²) in [6.45, 7) is 11.4. The van der Waals surface area contributed by atoms with Crippen molar-refractivity contribution in [3.63, 3.8) is 0 Å². The number of carbonyl (C=O) groups is 1. The van der Waals surface area contributed by atoms with Crippen LogP contribution in [0.1, 0.15) is 42.6 Å². The molecule has 1 aliphatic rings. The summed E-state index contributed by atoms with van der Waals surface area (Å²) in [5, 5.41) is 0. The third-order valence-corrected chi connectivity index (χ3v) is 5.09. The lowest BCUT2D eigenvalue weighted by Crippen LogP contribution is -2.48. The van der Waals surface area contributed by atoms with Crippen LogP contribution in [0.5, 0.6) is 0 Å². The molecule has 6 nitrogen and oxygen atoms in total. The van der Waals surface area contributed by atoms with Crippen molar-refractivity contribution in [1.29, 1.82) is 0 Å². The molecule has 0 saturated carbocycles. The molecule has 2 aromatic rings. The van der Waals surface area contributed by atoms with Gasteiger partial charge in [0.05, 0.1) is 5.56 Å². The van der Waals surface area contributed by atoms with Crippen LogP contribution in [0.25, 0.3) is 0 Å². The van der Waals surface area contributed by atoms with Gasteiger partial charge in [0.15, 0.2) is 0 Å². The highest BCUT2D eigenvalue weighted by molar-refractivity contribution is 5.93. The third-order valence-electron chi connectivity index (χ3n) is 5.09. The van der Waals surface area contributed by atoms with Crippen molar-refractivity contribution < 1.29 is 4.79 Å². The van der Waals surface area contributed by atoms with Crippen molar-refractivity contribution >= 4 is 17.5 Å². The van der Waals surface area contributed by atoms with Crippen LogP contribution < -0.4 is 9.80 Å². The largest absolute Gasteiger partial charge is 0.368 e. The predicted octanol–water partition coefficient (Wildman–Crippen LogP) is 3.37. The summed E-state index contributed by atoms with van der Waals surface area (Å²) in [5.41, 5.74) is 3.06. The molecule has 150 valence electrons. The molecule has 2 heterocycles. The van der Waals surface area contributed by atoms with Crippen LogP contribution in [0.2, 0.25) is 0 Å². The highest BCUT2D eigenvalue weighted by Gasteiger charge is 2.23. The minimum Gasteiger partial charge on any atom is -0.368 e. The first-order valence-electron chi connectivity index (χ1n) is 10.3. The van der Waals surface area contributed by atoms with Gasteiger partial charge in [-0.25, -0.2) is 9.97 Å². The maximum absolute atomic E-state index is 12.8. The number of benzene rings is 1. The highest BCUT2D eigenvalue weighted by Crippen LogP contribution is 2.19. The van der Waals surface area contributed by atoms with Crippen molar-refractivity contribution in [3.8, 4) is 0 Å². The maximum atomic E-state index is 12.8. The van der Waals surface area contributed by atoms with Crippen LogP contribution in [-0.4, -0.2) is 60.0 Å². The molecule has 0 N–H and O–H groups in total. The van der Waals surface area contributed by atoms with Gasteiger partial charge in [0.25, 0.3) is 5.91 Å². The summed E-state index contributed by atoms with van der Waals surface area (Å²) < 4.78 is 0. The molecule has 1 fully saturated rings. The van der Waals surface area contributed by atoms with E-state index in [0.29, 0.717) is 24.6 Å². The Kier molecular flexibility index (Phi) is 6.85. The van der Waals surface area contributed by atoms with Gasteiger partial charge in [-0.05, 0) is 37.5 Å². The number of rotatable bonds is 7. The van der Waals surface area contributed by atoms with Crippen molar-refractivity contribution in [2.75, 3.05) is 49.1 Å². The number of hydrogen-bond acceptors (Lipinski definition) is 5. The topological polar surface area (TPSA) is 52.6 Å². The van der Waals surface area contributed by atoms with Gasteiger partial charge in [0, 0.05) is 57.3 Å².